The van der Waals surface area contributed by atoms with Crippen LogP contribution in [0.5, 0.6) is 0 Å². The molecule has 136 valence electrons. The molecule has 8 nitrogen and oxygen atoms in total. The highest BCUT2D eigenvalue weighted by Gasteiger charge is 2.34. The maximum atomic E-state index is 12.0. The van der Waals surface area contributed by atoms with Gasteiger partial charge >= 0.3 is 6.03 Å². The minimum Gasteiger partial charge on any atom is -0.382 e. The molecule has 1 heterocycles. The van der Waals surface area contributed by atoms with Crippen LogP contribution >= 0.6 is 0 Å². The Kier molecular flexibility index (Phi) is 7.45. The highest BCUT2D eigenvalue weighted by molar-refractivity contribution is 5.95. The monoisotopic (exact) mass is 340 g/mol. The van der Waals surface area contributed by atoms with Crippen LogP contribution in [0.15, 0.2) is 0 Å². The van der Waals surface area contributed by atoms with E-state index in [2.05, 4.69) is 10.6 Å². The SMILES string of the molecule is CCOCCCNC(=O)NC(=O)CN1CCN(C(=O)C2CC2)CC1. The molecular formula is C16H28N4O4. The summed E-state index contributed by atoms with van der Waals surface area (Å²) in [6, 6.07) is -0.473. The fourth-order valence-electron chi connectivity index (χ4n) is 2.65. The number of rotatable bonds is 8. The van der Waals surface area contributed by atoms with Gasteiger partial charge in [0.1, 0.15) is 0 Å². The van der Waals surface area contributed by atoms with Crippen LogP contribution in [-0.4, -0.2) is 80.1 Å². The van der Waals surface area contributed by atoms with Gasteiger partial charge in [0.05, 0.1) is 6.54 Å². The van der Waals surface area contributed by atoms with Crippen LogP contribution in [0.3, 0.4) is 0 Å². The summed E-state index contributed by atoms with van der Waals surface area (Å²) in [5, 5.41) is 4.96. The van der Waals surface area contributed by atoms with Crippen LogP contribution in [0, 0.1) is 5.92 Å². The third-order valence-electron chi connectivity index (χ3n) is 4.19. The molecule has 8 heteroatoms. The van der Waals surface area contributed by atoms with Gasteiger partial charge in [-0.15, -0.1) is 0 Å². The second-order valence-electron chi connectivity index (χ2n) is 6.23. The number of hydrogen-bond donors (Lipinski definition) is 2. The summed E-state index contributed by atoms with van der Waals surface area (Å²) in [6.45, 7) is 6.47. The summed E-state index contributed by atoms with van der Waals surface area (Å²) in [7, 11) is 0. The van der Waals surface area contributed by atoms with Gasteiger partial charge in [-0.2, -0.15) is 0 Å². The summed E-state index contributed by atoms with van der Waals surface area (Å²) in [4.78, 5) is 39.3. The fourth-order valence-corrected chi connectivity index (χ4v) is 2.65. The fraction of sp³-hybridized carbons (Fsp3) is 0.812. The molecule has 1 saturated carbocycles. The predicted molar refractivity (Wildman–Crippen MR) is 88.4 cm³/mol. The number of carbonyl (C=O) groups excluding carboxylic acids is 3. The van der Waals surface area contributed by atoms with E-state index in [1.807, 2.05) is 16.7 Å². The average Bonchev–Trinajstić information content (AvgIpc) is 3.39. The highest BCUT2D eigenvalue weighted by Crippen LogP contribution is 2.31. The van der Waals surface area contributed by atoms with Gasteiger partial charge in [0.25, 0.3) is 0 Å². The van der Waals surface area contributed by atoms with Gasteiger partial charge in [-0.25, -0.2) is 4.79 Å². The molecule has 0 aromatic carbocycles. The standard InChI is InChI=1S/C16H28N4O4/c1-2-24-11-3-6-17-16(23)18-14(21)12-19-7-9-20(10-8-19)15(22)13-4-5-13/h13H,2-12H2,1H3,(H2,17,18,21,23). The lowest BCUT2D eigenvalue weighted by atomic mass is 10.2. The van der Waals surface area contributed by atoms with E-state index in [0.717, 1.165) is 12.8 Å². The molecule has 0 radical (unpaired) electrons. The first-order valence-corrected chi connectivity index (χ1v) is 8.76. The van der Waals surface area contributed by atoms with Gasteiger partial charge in [0.15, 0.2) is 0 Å². The summed E-state index contributed by atoms with van der Waals surface area (Å²) < 4.78 is 5.17. The van der Waals surface area contributed by atoms with Crippen LogP contribution in [0.1, 0.15) is 26.2 Å². The third-order valence-corrected chi connectivity index (χ3v) is 4.19. The lowest BCUT2D eigenvalue weighted by Gasteiger charge is -2.34. The van der Waals surface area contributed by atoms with E-state index in [4.69, 9.17) is 4.74 Å². The molecule has 24 heavy (non-hydrogen) atoms. The first-order chi connectivity index (χ1) is 11.6. The lowest BCUT2D eigenvalue weighted by molar-refractivity contribution is -0.134. The number of carbonyl (C=O) groups is 3. The van der Waals surface area contributed by atoms with Gasteiger partial charge in [-0.1, -0.05) is 0 Å². The van der Waals surface area contributed by atoms with Crippen LogP contribution in [0.4, 0.5) is 4.79 Å². The molecule has 0 unspecified atom stereocenters. The molecular weight excluding hydrogens is 312 g/mol. The summed E-state index contributed by atoms with van der Waals surface area (Å²) in [6.07, 6.45) is 2.74. The predicted octanol–water partition coefficient (Wildman–Crippen LogP) is -0.207. The molecule has 2 N–H and O–H groups in total. The van der Waals surface area contributed by atoms with Crippen LogP contribution in [0.25, 0.3) is 0 Å². The zero-order valence-electron chi connectivity index (χ0n) is 14.4. The normalized spacial score (nSPS) is 18.3. The van der Waals surface area contributed by atoms with Crippen molar-refractivity contribution in [3.63, 3.8) is 0 Å². The molecule has 0 atom stereocenters. The topological polar surface area (TPSA) is 91.0 Å². The number of piperazine rings is 1. The Morgan fingerprint density at radius 2 is 1.83 bits per heavy atom. The van der Waals surface area contributed by atoms with E-state index in [-0.39, 0.29) is 24.3 Å². The average molecular weight is 340 g/mol. The number of nitrogens with zero attached hydrogens (tertiary/aromatic N) is 2. The molecule has 1 aliphatic carbocycles. The van der Waals surface area contributed by atoms with Crippen molar-refractivity contribution in [2.75, 3.05) is 52.5 Å². The minimum atomic E-state index is -0.473. The Balaban J connectivity index is 1.55. The van der Waals surface area contributed by atoms with Crippen molar-refractivity contribution in [3.05, 3.63) is 0 Å². The molecule has 4 amide bonds. The van der Waals surface area contributed by atoms with Crippen LogP contribution in [0.2, 0.25) is 0 Å². The Morgan fingerprint density at radius 1 is 1.12 bits per heavy atom. The van der Waals surface area contributed by atoms with E-state index in [1.165, 1.54) is 0 Å². The molecule has 1 aliphatic heterocycles. The molecule has 2 aliphatic rings. The molecule has 2 fully saturated rings. The van der Waals surface area contributed by atoms with Crippen LogP contribution < -0.4 is 10.6 Å². The van der Waals surface area contributed by atoms with Crippen molar-refractivity contribution < 1.29 is 19.1 Å². The lowest BCUT2D eigenvalue weighted by Crippen LogP contribution is -2.52. The van der Waals surface area contributed by atoms with Crippen molar-refractivity contribution in [2.24, 2.45) is 5.92 Å². The molecule has 2 rings (SSSR count). The zero-order valence-corrected chi connectivity index (χ0v) is 14.4. The minimum absolute atomic E-state index is 0.178. The summed E-state index contributed by atoms with van der Waals surface area (Å²) >= 11 is 0. The number of amides is 4. The number of nitrogens with one attached hydrogen (secondary N) is 2. The van der Waals surface area contributed by atoms with Gasteiger partial charge in [0.2, 0.25) is 11.8 Å². The van der Waals surface area contributed by atoms with Crippen molar-refractivity contribution in [3.8, 4) is 0 Å². The van der Waals surface area contributed by atoms with Gasteiger partial charge in [-0.05, 0) is 26.2 Å². The van der Waals surface area contributed by atoms with Gasteiger partial charge in [-0.3, -0.25) is 19.8 Å². The molecule has 0 aromatic heterocycles. The van der Waals surface area contributed by atoms with E-state index in [9.17, 15) is 14.4 Å². The molecule has 0 bridgehead atoms. The van der Waals surface area contributed by atoms with Gasteiger partial charge < -0.3 is 15.0 Å². The van der Waals surface area contributed by atoms with E-state index in [0.29, 0.717) is 52.4 Å². The summed E-state index contributed by atoms with van der Waals surface area (Å²) in [5.41, 5.74) is 0. The Labute approximate surface area is 142 Å². The zero-order chi connectivity index (χ0) is 17.4. The Hall–Kier alpha value is -1.67. The maximum absolute atomic E-state index is 12.0. The molecule has 1 saturated heterocycles. The van der Waals surface area contributed by atoms with Crippen molar-refractivity contribution >= 4 is 17.8 Å². The number of hydrogen-bond acceptors (Lipinski definition) is 5. The van der Waals surface area contributed by atoms with E-state index in [1.54, 1.807) is 0 Å². The van der Waals surface area contributed by atoms with E-state index < -0.39 is 6.03 Å². The third kappa shape index (κ3) is 6.45. The smallest absolute Gasteiger partial charge is 0.321 e. The van der Waals surface area contributed by atoms with Crippen LogP contribution in [-0.2, 0) is 14.3 Å². The Bertz CT molecular complexity index is 445. The quantitative estimate of drug-likeness (QED) is 0.597. The summed E-state index contributed by atoms with van der Waals surface area (Å²) in [5.74, 6) is 0.177. The number of urea groups is 1. The second kappa shape index (κ2) is 9.58. The molecule has 0 spiro atoms. The van der Waals surface area contributed by atoms with Crippen molar-refractivity contribution in [1.29, 1.82) is 0 Å². The Morgan fingerprint density at radius 3 is 2.46 bits per heavy atom. The second-order valence-corrected chi connectivity index (χ2v) is 6.23. The van der Waals surface area contributed by atoms with Gasteiger partial charge in [0, 0.05) is 51.9 Å². The van der Waals surface area contributed by atoms with Crippen molar-refractivity contribution in [2.45, 2.75) is 26.2 Å². The van der Waals surface area contributed by atoms with Crippen molar-refractivity contribution in [1.82, 2.24) is 20.4 Å². The molecule has 0 aromatic rings. The first kappa shape index (κ1) is 18.7. The number of ether oxygens (including phenoxy) is 1. The maximum Gasteiger partial charge on any atom is 0.321 e. The number of imide groups is 1. The largest absolute Gasteiger partial charge is 0.382 e. The van der Waals surface area contributed by atoms with E-state index >= 15 is 0 Å². The first-order valence-electron chi connectivity index (χ1n) is 8.76. The highest BCUT2D eigenvalue weighted by atomic mass is 16.5.